The lowest BCUT2D eigenvalue weighted by molar-refractivity contribution is 0.546. The number of aryl methyl sites for hydroxylation is 1. The van der Waals surface area contributed by atoms with Crippen molar-refractivity contribution in [2.45, 2.75) is 40.7 Å². The number of pyridine rings is 1. The summed E-state index contributed by atoms with van der Waals surface area (Å²) >= 11 is 0. The quantitative estimate of drug-likeness (QED) is 0.805. The van der Waals surface area contributed by atoms with Crippen LogP contribution in [0.25, 0.3) is 0 Å². The van der Waals surface area contributed by atoms with Crippen molar-refractivity contribution in [3.63, 3.8) is 0 Å². The van der Waals surface area contributed by atoms with Gasteiger partial charge in [-0.1, -0.05) is 20.3 Å². The number of nitrogens with zero attached hydrogens (tertiary/aromatic N) is 2. The summed E-state index contributed by atoms with van der Waals surface area (Å²) in [6.45, 7) is 11.9. The van der Waals surface area contributed by atoms with Crippen LogP contribution >= 0.6 is 0 Å². The first-order valence-electron chi connectivity index (χ1n) is 6.97. The first kappa shape index (κ1) is 15.0. The minimum Gasteiger partial charge on any atom is -0.371 e. The van der Waals surface area contributed by atoms with Crippen LogP contribution in [0.2, 0.25) is 0 Å². The van der Waals surface area contributed by atoms with Crippen molar-refractivity contribution in [2.75, 3.05) is 25.0 Å². The topological polar surface area (TPSA) is 28.2 Å². The lowest BCUT2D eigenvalue weighted by Gasteiger charge is -2.28. The van der Waals surface area contributed by atoms with Gasteiger partial charge in [-0.2, -0.15) is 0 Å². The second-order valence-corrected chi connectivity index (χ2v) is 5.04. The van der Waals surface area contributed by atoms with Gasteiger partial charge in [0.15, 0.2) is 0 Å². The van der Waals surface area contributed by atoms with Crippen LogP contribution in [0.5, 0.6) is 0 Å². The van der Waals surface area contributed by atoms with E-state index < -0.39 is 0 Å². The predicted molar refractivity (Wildman–Crippen MR) is 79.1 cm³/mol. The lowest BCUT2D eigenvalue weighted by Crippen LogP contribution is -2.29. The number of rotatable bonds is 7. The van der Waals surface area contributed by atoms with Crippen LogP contribution in [0.4, 0.5) is 5.69 Å². The molecular formula is C15H27N3. The van der Waals surface area contributed by atoms with E-state index in [1.165, 1.54) is 17.7 Å². The van der Waals surface area contributed by atoms with Crippen molar-refractivity contribution in [1.29, 1.82) is 0 Å². The Morgan fingerprint density at radius 2 is 2.11 bits per heavy atom. The molecule has 0 aliphatic rings. The number of aromatic nitrogens is 1. The van der Waals surface area contributed by atoms with Crippen molar-refractivity contribution in [3.05, 3.63) is 23.5 Å². The third kappa shape index (κ3) is 3.98. The molecule has 0 saturated carbocycles. The molecule has 18 heavy (non-hydrogen) atoms. The largest absolute Gasteiger partial charge is 0.371 e. The molecule has 1 aromatic rings. The van der Waals surface area contributed by atoms with Crippen LogP contribution in [0, 0.1) is 12.8 Å². The minimum atomic E-state index is 0.723. The van der Waals surface area contributed by atoms with Gasteiger partial charge in [-0.3, -0.25) is 4.98 Å². The maximum absolute atomic E-state index is 4.41. The second kappa shape index (κ2) is 7.37. The highest BCUT2D eigenvalue weighted by molar-refractivity contribution is 5.53. The van der Waals surface area contributed by atoms with Crippen LogP contribution in [0.15, 0.2) is 12.3 Å². The molecule has 1 N–H and O–H groups in total. The smallest absolute Gasteiger partial charge is 0.0445 e. The Kier molecular flexibility index (Phi) is 6.13. The summed E-state index contributed by atoms with van der Waals surface area (Å²) in [5.74, 6) is 0.723. The first-order valence-corrected chi connectivity index (χ1v) is 6.97. The number of hydrogen-bond acceptors (Lipinski definition) is 3. The summed E-state index contributed by atoms with van der Waals surface area (Å²) in [4.78, 5) is 6.88. The molecule has 0 aliphatic carbocycles. The van der Waals surface area contributed by atoms with Gasteiger partial charge in [-0.15, -0.1) is 0 Å². The molecule has 1 unspecified atom stereocenters. The van der Waals surface area contributed by atoms with E-state index in [2.05, 4.69) is 49.0 Å². The second-order valence-electron chi connectivity index (χ2n) is 5.04. The fourth-order valence-corrected chi connectivity index (χ4v) is 2.10. The van der Waals surface area contributed by atoms with Gasteiger partial charge < -0.3 is 10.2 Å². The summed E-state index contributed by atoms with van der Waals surface area (Å²) in [7, 11) is 1.98. The van der Waals surface area contributed by atoms with Gasteiger partial charge in [0.25, 0.3) is 0 Å². The number of hydrogen-bond donors (Lipinski definition) is 1. The first-order chi connectivity index (χ1) is 8.62. The van der Waals surface area contributed by atoms with Crippen molar-refractivity contribution < 1.29 is 0 Å². The van der Waals surface area contributed by atoms with Gasteiger partial charge in [-0.25, -0.2) is 0 Å². The monoisotopic (exact) mass is 249 g/mol. The molecule has 1 rings (SSSR count). The SMILES string of the molecule is CCC(C)CN(CC)c1cc(C)ncc1CNC. The van der Waals surface area contributed by atoms with Crippen molar-refractivity contribution in [3.8, 4) is 0 Å². The molecule has 3 nitrogen and oxygen atoms in total. The van der Waals surface area contributed by atoms with Crippen LogP contribution in [0.1, 0.15) is 38.4 Å². The van der Waals surface area contributed by atoms with E-state index in [1.54, 1.807) is 0 Å². The molecule has 1 atom stereocenters. The Bertz CT molecular complexity index is 363. The van der Waals surface area contributed by atoms with Crippen LogP contribution in [-0.4, -0.2) is 25.1 Å². The average Bonchev–Trinajstić information content (AvgIpc) is 2.38. The Balaban J connectivity index is 2.98. The van der Waals surface area contributed by atoms with Gasteiger partial charge in [0.05, 0.1) is 0 Å². The molecule has 0 saturated heterocycles. The summed E-state index contributed by atoms with van der Waals surface area (Å²) < 4.78 is 0. The van der Waals surface area contributed by atoms with Crippen molar-refractivity contribution in [1.82, 2.24) is 10.3 Å². The molecule has 0 spiro atoms. The highest BCUT2D eigenvalue weighted by atomic mass is 15.1. The van der Waals surface area contributed by atoms with Gasteiger partial charge in [-0.05, 0) is 32.9 Å². The minimum absolute atomic E-state index is 0.723. The Labute approximate surface area is 112 Å². The summed E-state index contributed by atoms with van der Waals surface area (Å²) in [6, 6.07) is 2.21. The zero-order valence-electron chi connectivity index (χ0n) is 12.5. The molecule has 1 aromatic heterocycles. The molecule has 0 aromatic carbocycles. The van der Waals surface area contributed by atoms with Gasteiger partial charge in [0, 0.05) is 42.8 Å². The summed E-state index contributed by atoms with van der Waals surface area (Å²) in [6.07, 6.45) is 3.22. The van der Waals surface area contributed by atoms with Crippen LogP contribution < -0.4 is 10.2 Å². The molecule has 1 heterocycles. The van der Waals surface area contributed by atoms with E-state index >= 15 is 0 Å². The standard InChI is InChI=1S/C15H27N3/c1-6-12(3)11-18(7-2)15-8-13(4)17-10-14(15)9-16-5/h8,10,12,16H,6-7,9,11H2,1-5H3. The maximum Gasteiger partial charge on any atom is 0.0445 e. The summed E-state index contributed by atoms with van der Waals surface area (Å²) in [5.41, 5.74) is 3.71. The Hall–Kier alpha value is -1.09. The lowest BCUT2D eigenvalue weighted by atomic mass is 10.1. The highest BCUT2D eigenvalue weighted by Crippen LogP contribution is 2.22. The van der Waals surface area contributed by atoms with Crippen LogP contribution in [0.3, 0.4) is 0 Å². The highest BCUT2D eigenvalue weighted by Gasteiger charge is 2.12. The van der Waals surface area contributed by atoms with E-state index in [0.717, 1.165) is 31.2 Å². The normalized spacial score (nSPS) is 12.5. The van der Waals surface area contributed by atoms with Gasteiger partial charge in [0.1, 0.15) is 0 Å². The van der Waals surface area contributed by atoms with E-state index in [0.29, 0.717) is 0 Å². The Morgan fingerprint density at radius 1 is 1.39 bits per heavy atom. The Morgan fingerprint density at radius 3 is 2.67 bits per heavy atom. The average molecular weight is 249 g/mol. The maximum atomic E-state index is 4.41. The molecule has 3 heteroatoms. The third-order valence-corrected chi connectivity index (χ3v) is 3.42. The number of nitrogens with one attached hydrogen (secondary N) is 1. The van der Waals surface area contributed by atoms with E-state index in [4.69, 9.17) is 0 Å². The summed E-state index contributed by atoms with van der Waals surface area (Å²) in [5, 5.41) is 3.22. The van der Waals surface area contributed by atoms with Crippen molar-refractivity contribution >= 4 is 5.69 Å². The van der Waals surface area contributed by atoms with E-state index in [9.17, 15) is 0 Å². The fraction of sp³-hybridized carbons (Fsp3) is 0.667. The van der Waals surface area contributed by atoms with Crippen molar-refractivity contribution in [2.24, 2.45) is 5.92 Å². The predicted octanol–water partition coefficient (Wildman–Crippen LogP) is 2.98. The van der Waals surface area contributed by atoms with Crippen LogP contribution in [-0.2, 0) is 6.54 Å². The fourth-order valence-electron chi connectivity index (χ4n) is 2.10. The molecular weight excluding hydrogens is 222 g/mol. The zero-order valence-corrected chi connectivity index (χ0v) is 12.5. The van der Waals surface area contributed by atoms with Gasteiger partial charge in [0.2, 0.25) is 0 Å². The molecule has 0 aliphatic heterocycles. The number of anilines is 1. The third-order valence-electron chi connectivity index (χ3n) is 3.42. The molecule has 0 fully saturated rings. The zero-order chi connectivity index (χ0) is 13.5. The van der Waals surface area contributed by atoms with E-state index in [1.807, 2.05) is 13.2 Å². The molecule has 0 bridgehead atoms. The molecule has 0 amide bonds. The molecule has 102 valence electrons. The van der Waals surface area contributed by atoms with E-state index in [-0.39, 0.29) is 0 Å². The van der Waals surface area contributed by atoms with Gasteiger partial charge >= 0.3 is 0 Å². The molecule has 0 radical (unpaired) electrons.